The number of alkyl halides is 3. The number of hydrogen-bond donors (Lipinski definition) is 1. The lowest BCUT2D eigenvalue weighted by Crippen LogP contribution is -2.11. The van der Waals surface area contributed by atoms with Gasteiger partial charge in [0.1, 0.15) is 18.1 Å². The lowest BCUT2D eigenvalue weighted by atomic mass is 9.96. The number of nitrogens with zero attached hydrogens (tertiary/aromatic N) is 1. The molecule has 0 saturated carbocycles. The minimum absolute atomic E-state index is 0.0418. The van der Waals surface area contributed by atoms with Gasteiger partial charge in [-0.1, -0.05) is 39.7 Å². The lowest BCUT2D eigenvalue weighted by molar-refractivity contribution is -0.137. The van der Waals surface area contributed by atoms with E-state index in [4.69, 9.17) is 4.74 Å². The highest BCUT2D eigenvalue weighted by Crippen LogP contribution is 2.43. The number of carboxylic acid groups (broad SMARTS) is 1. The van der Waals surface area contributed by atoms with Gasteiger partial charge in [-0.3, -0.25) is 0 Å². The van der Waals surface area contributed by atoms with Crippen molar-refractivity contribution in [1.29, 1.82) is 0 Å². The Morgan fingerprint density at radius 2 is 1.76 bits per heavy atom. The smallest absolute Gasteiger partial charge is 0.416 e. The van der Waals surface area contributed by atoms with E-state index in [1.54, 1.807) is 0 Å². The molecule has 1 N–H and O–H groups in total. The Bertz CT molecular complexity index is 1270. The number of allylic oxidation sites excluding steroid dienone is 2. The normalized spacial score (nSPS) is 13.9. The maximum Gasteiger partial charge on any atom is 0.416 e. The quantitative estimate of drug-likeness (QED) is 0.356. The van der Waals surface area contributed by atoms with E-state index in [0.717, 1.165) is 39.2 Å². The summed E-state index contributed by atoms with van der Waals surface area (Å²) in [5, 5.41) is 9.33. The highest BCUT2D eigenvalue weighted by molar-refractivity contribution is 9.10. The fraction of sp³-hybridized carbons (Fsp3) is 0.231. The molecule has 3 aromatic rings. The molecule has 176 valence electrons. The number of aryl methyl sites for hydroxylation is 1. The SMILES string of the molecule is Cc1ccc(OCc2ccc(Br)cc2)c(C2=C(c3cc(C(F)(F)F)cc(C(=O)O)n3)CCC2)c1. The molecule has 0 spiro atoms. The monoisotopic (exact) mass is 531 g/mol. The van der Waals surface area contributed by atoms with Crippen LogP contribution in [0.5, 0.6) is 5.75 Å². The molecular formula is C26H21BrF3NO3. The summed E-state index contributed by atoms with van der Waals surface area (Å²) in [6.07, 6.45) is -2.81. The van der Waals surface area contributed by atoms with Crippen molar-refractivity contribution in [1.82, 2.24) is 4.98 Å². The van der Waals surface area contributed by atoms with Gasteiger partial charge in [-0.25, -0.2) is 9.78 Å². The molecular weight excluding hydrogens is 511 g/mol. The molecule has 34 heavy (non-hydrogen) atoms. The predicted octanol–water partition coefficient (Wildman–Crippen LogP) is 7.54. The molecule has 2 aromatic carbocycles. The zero-order chi connectivity index (χ0) is 24.5. The van der Waals surface area contributed by atoms with Crippen LogP contribution in [0.4, 0.5) is 13.2 Å². The van der Waals surface area contributed by atoms with Crippen molar-refractivity contribution in [3.63, 3.8) is 0 Å². The highest BCUT2D eigenvalue weighted by Gasteiger charge is 2.33. The first kappa shape index (κ1) is 24.0. The van der Waals surface area contributed by atoms with Crippen LogP contribution in [0, 0.1) is 6.92 Å². The van der Waals surface area contributed by atoms with Gasteiger partial charge in [0.2, 0.25) is 0 Å². The largest absolute Gasteiger partial charge is 0.488 e. The number of pyridine rings is 1. The summed E-state index contributed by atoms with van der Waals surface area (Å²) in [4.78, 5) is 15.5. The number of rotatable bonds is 6. The molecule has 1 aliphatic carbocycles. The molecule has 4 rings (SSSR count). The summed E-state index contributed by atoms with van der Waals surface area (Å²) in [6.45, 7) is 2.26. The fourth-order valence-electron chi connectivity index (χ4n) is 4.03. The molecule has 1 aromatic heterocycles. The molecule has 0 saturated heterocycles. The Kier molecular flexibility index (Phi) is 6.79. The van der Waals surface area contributed by atoms with E-state index < -0.39 is 23.4 Å². The first-order valence-corrected chi connectivity index (χ1v) is 11.4. The molecule has 1 heterocycles. The average molecular weight is 532 g/mol. The average Bonchev–Trinajstić information content (AvgIpc) is 3.28. The molecule has 0 radical (unpaired) electrons. The number of aromatic nitrogens is 1. The van der Waals surface area contributed by atoms with Crippen molar-refractivity contribution in [3.05, 3.63) is 92.7 Å². The van der Waals surface area contributed by atoms with Gasteiger partial charge in [-0.2, -0.15) is 13.2 Å². The molecule has 1 aliphatic rings. The summed E-state index contributed by atoms with van der Waals surface area (Å²) in [7, 11) is 0. The number of ether oxygens (including phenoxy) is 1. The van der Waals surface area contributed by atoms with Gasteiger partial charge < -0.3 is 9.84 Å². The standard InChI is InChI=1S/C26H21BrF3NO3/c1-15-5-10-24(34-14-16-6-8-18(27)9-7-16)21(11-15)19-3-2-4-20(19)22-12-17(26(28,29)30)13-23(31-22)25(32)33/h5-13H,2-4,14H2,1H3,(H,32,33). The molecule has 8 heteroatoms. The van der Waals surface area contributed by atoms with Gasteiger partial charge in [-0.05, 0) is 79.3 Å². The summed E-state index contributed by atoms with van der Waals surface area (Å²) in [5.41, 5.74) is 2.59. The third-order valence-electron chi connectivity index (χ3n) is 5.67. The molecule has 4 nitrogen and oxygen atoms in total. The first-order chi connectivity index (χ1) is 16.1. The van der Waals surface area contributed by atoms with Crippen LogP contribution in [0.1, 0.15) is 57.7 Å². The number of carbonyl (C=O) groups is 1. The van der Waals surface area contributed by atoms with Crippen molar-refractivity contribution in [2.75, 3.05) is 0 Å². The summed E-state index contributed by atoms with van der Waals surface area (Å²) in [5.74, 6) is -0.880. The number of halogens is 4. The van der Waals surface area contributed by atoms with Crippen molar-refractivity contribution < 1.29 is 27.8 Å². The Morgan fingerprint density at radius 3 is 2.44 bits per heavy atom. The summed E-state index contributed by atoms with van der Waals surface area (Å²) < 4.78 is 47.5. The van der Waals surface area contributed by atoms with E-state index in [-0.39, 0.29) is 5.69 Å². The van der Waals surface area contributed by atoms with Gasteiger partial charge in [-0.15, -0.1) is 0 Å². The number of hydrogen-bond acceptors (Lipinski definition) is 3. The Morgan fingerprint density at radius 1 is 1.06 bits per heavy atom. The minimum atomic E-state index is -4.68. The zero-order valence-electron chi connectivity index (χ0n) is 18.2. The van der Waals surface area contributed by atoms with Crippen LogP contribution in [0.3, 0.4) is 0 Å². The van der Waals surface area contributed by atoms with Crippen LogP contribution >= 0.6 is 15.9 Å². The minimum Gasteiger partial charge on any atom is -0.488 e. The molecule has 0 fully saturated rings. The Labute approximate surface area is 203 Å². The lowest BCUT2D eigenvalue weighted by Gasteiger charge is -2.16. The summed E-state index contributed by atoms with van der Waals surface area (Å²) >= 11 is 3.41. The second kappa shape index (κ2) is 9.62. The van der Waals surface area contributed by atoms with Crippen LogP contribution < -0.4 is 4.74 Å². The Balaban J connectivity index is 1.77. The summed E-state index contributed by atoms with van der Waals surface area (Å²) in [6, 6.07) is 15.0. The number of benzene rings is 2. The highest BCUT2D eigenvalue weighted by atomic mass is 79.9. The van der Waals surface area contributed by atoms with E-state index >= 15 is 0 Å². The Hall–Kier alpha value is -3.13. The van der Waals surface area contributed by atoms with Gasteiger partial charge in [0, 0.05) is 10.0 Å². The maximum absolute atomic E-state index is 13.5. The van der Waals surface area contributed by atoms with E-state index in [2.05, 4.69) is 20.9 Å². The fourth-order valence-corrected chi connectivity index (χ4v) is 4.29. The number of aromatic carboxylic acids is 1. The van der Waals surface area contributed by atoms with E-state index in [1.807, 2.05) is 49.4 Å². The molecule has 0 unspecified atom stereocenters. The molecule has 0 atom stereocenters. The van der Waals surface area contributed by atoms with Crippen LogP contribution in [0.25, 0.3) is 11.1 Å². The molecule has 0 amide bonds. The predicted molar refractivity (Wildman–Crippen MR) is 127 cm³/mol. The van der Waals surface area contributed by atoms with E-state index in [9.17, 15) is 23.1 Å². The van der Waals surface area contributed by atoms with Gasteiger partial charge >= 0.3 is 12.1 Å². The second-order valence-electron chi connectivity index (χ2n) is 8.15. The van der Waals surface area contributed by atoms with Crippen LogP contribution in [0.15, 0.2) is 59.1 Å². The van der Waals surface area contributed by atoms with Crippen molar-refractivity contribution >= 4 is 33.0 Å². The van der Waals surface area contributed by atoms with Gasteiger partial charge in [0.15, 0.2) is 0 Å². The molecule has 0 aliphatic heterocycles. The number of carboxylic acids is 1. The van der Waals surface area contributed by atoms with Crippen LogP contribution in [-0.4, -0.2) is 16.1 Å². The van der Waals surface area contributed by atoms with Gasteiger partial charge in [0.25, 0.3) is 0 Å². The van der Waals surface area contributed by atoms with E-state index in [0.29, 0.717) is 36.8 Å². The maximum atomic E-state index is 13.5. The third-order valence-corrected chi connectivity index (χ3v) is 6.20. The van der Waals surface area contributed by atoms with Crippen molar-refractivity contribution in [2.45, 2.75) is 39.0 Å². The van der Waals surface area contributed by atoms with Crippen molar-refractivity contribution in [3.8, 4) is 5.75 Å². The first-order valence-electron chi connectivity index (χ1n) is 10.6. The molecule has 0 bridgehead atoms. The van der Waals surface area contributed by atoms with Crippen molar-refractivity contribution in [2.24, 2.45) is 0 Å². The second-order valence-corrected chi connectivity index (χ2v) is 9.07. The zero-order valence-corrected chi connectivity index (χ0v) is 19.8. The van der Waals surface area contributed by atoms with Crippen LogP contribution in [0.2, 0.25) is 0 Å². The third kappa shape index (κ3) is 5.33. The topological polar surface area (TPSA) is 59.4 Å². The van der Waals surface area contributed by atoms with E-state index in [1.165, 1.54) is 0 Å². The van der Waals surface area contributed by atoms with Crippen LogP contribution in [-0.2, 0) is 12.8 Å². The van der Waals surface area contributed by atoms with Gasteiger partial charge in [0.05, 0.1) is 11.3 Å².